The van der Waals surface area contributed by atoms with Crippen LogP contribution in [0.3, 0.4) is 0 Å². The molecule has 0 unspecified atom stereocenters. The summed E-state index contributed by atoms with van der Waals surface area (Å²) in [4.78, 5) is 2.33. The zero-order valence-electron chi connectivity index (χ0n) is 12.7. The number of hydrogen-bond donors (Lipinski definition) is 1. The highest BCUT2D eigenvalue weighted by Crippen LogP contribution is 2.18. The predicted molar refractivity (Wildman–Crippen MR) is 83.1 cm³/mol. The van der Waals surface area contributed by atoms with Crippen LogP contribution >= 0.6 is 0 Å². The van der Waals surface area contributed by atoms with E-state index in [2.05, 4.69) is 58.5 Å². The predicted octanol–water partition coefficient (Wildman–Crippen LogP) is 2.58. The largest absolute Gasteiger partial charge is 0.378 e. The molecule has 5 nitrogen and oxygen atoms in total. The average molecular weight is 273 g/mol. The fraction of sp³-hybridized carbons (Fsp3) is 0.467. The standard InChI is InChI=1S/C15H23N5/c1-5-20(6-2)14-9-7-13(8-10-14)16-11-15-18-17-12(3)19(15)4/h7-10,16H,5-6,11H2,1-4H3. The lowest BCUT2D eigenvalue weighted by Gasteiger charge is -2.21. The molecule has 0 aliphatic carbocycles. The van der Waals surface area contributed by atoms with Gasteiger partial charge in [0.05, 0.1) is 6.54 Å². The van der Waals surface area contributed by atoms with Gasteiger partial charge in [0.25, 0.3) is 0 Å². The van der Waals surface area contributed by atoms with E-state index in [9.17, 15) is 0 Å². The zero-order chi connectivity index (χ0) is 14.5. The van der Waals surface area contributed by atoms with Crippen molar-refractivity contribution in [3.8, 4) is 0 Å². The second-order valence-electron chi connectivity index (χ2n) is 4.80. The van der Waals surface area contributed by atoms with Crippen molar-refractivity contribution in [1.29, 1.82) is 0 Å². The Bertz CT molecular complexity index is 540. The van der Waals surface area contributed by atoms with Gasteiger partial charge in [-0.05, 0) is 45.0 Å². The summed E-state index contributed by atoms with van der Waals surface area (Å²) < 4.78 is 2.00. The van der Waals surface area contributed by atoms with E-state index >= 15 is 0 Å². The Morgan fingerprint density at radius 1 is 1.10 bits per heavy atom. The highest BCUT2D eigenvalue weighted by molar-refractivity contribution is 5.55. The van der Waals surface area contributed by atoms with Gasteiger partial charge in [0.1, 0.15) is 5.82 Å². The van der Waals surface area contributed by atoms with Crippen molar-refractivity contribution in [2.45, 2.75) is 27.3 Å². The summed E-state index contributed by atoms with van der Waals surface area (Å²) in [6.07, 6.45) is 0. The van der Waals surface area contributed by atoms with Gasteiger partial charge < -0.3 is 14.8 Å². The molecular formula is C15H23N5. The maximum Gasteiger partial charge on any atom is 0.152 e. The maximum atomic E-state index is 4.14. The first-order valence-electron chi connectivity index (χ1n) is 7.09. The van der Waals surface area contributed by atoms with Gasteiger partial charge in [-0.3, -0.25) is 0 Å². The molecule has 1 aromatic carbocycles. The first-order chi connectivity index (χ1) is 9.65. The van der Waals surface area contributed by atoms with Crippen LogP contribution in [0.5, 0.6) is 0 Å². The van der Waals surface area contributed by atoms with E-state index < -0.39 is 0 Å². The van der Waals surface area contributed by atoms with Crippen molar-refractivity contribution in [2.24, 2.45) is 7.05 Å². The molecule has 0 radical (unpaired) electrons. The highest BCUT2D eigenvalue weighted by atomic mass is 15.3. The molecule has 0 saturated carbocycles. The molecule has 0 amide bonds. The van der Waals surface area contributed by atoms with Crippen LogP contribution in [0.25, 0.3) is 0 Å². The van der Waals surface area contributed by atoms with Gasteiger partial charge >= 0.3 is 0 Å². The molecule has 0 aliphatic heterocycles. The van der Waals surface area contributed by atoms with E-state index in [1.54, 1.807) is 0 Å². The first kappa shape index (κ1) is 14.4. The van der Waals surface area contributed by atoms with Crippen LogP contribution in [0.15, 0.2) is 24.3 Å². The average Bonchev–Trinajstić information content (AvgIpc) is 2.79. The quantitative estimate of drug-likeness (QED) is 0.878. The molecule has 0 spiro atoms. The first-order valence-corrected chi connectivity index (χ1v) is 7.09. The Labute approximate surface area is 120 Å². The summed E-state index contributed by atoms with van der Waals surface area (Å²) in [6, 6.07) is 8.52. The molecule has 0 aliphatic rings. The van der Waals surface area contributed by atoms with E-state index in [4.69, 9.17) is 0 Å². The second-order valence-corrected chi connectivity index (χ2v) is 4.80. The van der Waals surface area contributed by atoms with Gasteiger partial charge in [-0.2, -0.15) is 0 Å². The SMILES string of the molecule is CCN(CC)c1ccc(NCc2nnc(C)n2C)cc1. The summed E-state index contributed by atoms with van der Waals surface area (Å²) >= 11 is 0. The molecule has 108 valence electrons. The summed E-state index contributed by atoms with van der Waals surface area (Å²) in [7, 11) is 1.98. The topological polar surface area (TPSA) is 46.0 Å². The van der Waals surface area contributed by atoms with Crippen molar-refractivity contribution >= 4 is 11.4 Å². The van der Waals surface area contributed by atoms with E-state index in [1.165, 1.54) is 5.69 Å². The number of aryl methyl sites for hydroxylation is 1. The van der Waals surface area contributed by atoms with Gasteiger partial charge in [-0.1, -0.05) is 0 Å². The van der Waals surface area contributed by atoms with Crippen molar-refractivity contribution in [3.63, 3.8) is 0 Å². The van der Waals surface area contributed by atoms with Crippen molar-refractivity contribution in [1.82, 2.24) is 14.8 Å². The molecule has 1 heterocycles. The molecule has 5 heteroatoms. The molecule has 0 saturated heterocycles. The zero-order valence-corrected chi connectivity index (χ0v) is 12.7. The molecule has 0 bridgehead atoms. The fourth-order valence-corrected chi connectivity index (χ4v) is 2.16. The van der Waals surface area contributed by atoms with Crippen LogP contribution in [-0.4, -0.2) is 27.9 Å². The molecule has 2 rings (SSSR count). The molecule has 1 aromatic heterocycles. The third-order valence-electron chi connectivity index (χ3n) is 3.63. The van der Waals surface area contributed by atoms with Crippen molar-refractivity contribution in [2.75, 3.05) is 23.3 Å². The Morgan fingerprint density at radius 3 is 2.25 bits per heavy atom. The number of nitrogens with one attached hydrogen (secondary N) is 1. The molecule has 2 aromatic rings. The third kappa shape index (κ3) is 3.10. The minimum absolute atomic E-state index is 0.682. The molecular weight excluding hydrogens is 250 g/mol. The number of rotatable bonds is 6. The number of anilines is 2. The van der Waals surface area contributed by atoms with Crippen molar-refractivity contribution in [3.05, 3.63) is 35.9 Å². The van der Waals surface area contributed by atoms with Crippen LogP contribution in [0, 0.1) is 6.92 Å². The highest BCUT2D eigenvalue weighted by Gasteiger charge is 2.05. The summed E-state index contributed by atoms with van der Waals surface area (Å²) in [5, 5.41) is 11.6. The molecule has 0 fully saturated rings. The van der Waals surface area contributed by atoms with Gasteiger partial charge in [0, 0.05) is 31.5 Å². The monoisotopic (exact) mass is 273 g/mol. The molecule has 1 N–H and O–H groups in total. The van der Waals surface area contributed by atoms with Crippen LogP contribution in [0.2, 0.25) is 0 Å². The fourth-order valence-electron chi connectivity index (χ4n) is 2.16. The van der Waals surface area contributed by atoms with Gasteiger partial charge in [0.2, 0.25) is 0 Å². The third-order valence-corrected chi connectivity index (χ3v) is 3.63. The summed E-state index contributed by atoms with van der Waals surface area (Å²) in [5.74, 6) is 1.87. The minimum atomic E-state index is 0.682. The molecule has 0 atom stereocenters. The lowest BCUT2D eigenvalue weighted by molar-refractivity contribution is 0.789. The van der Waals surface area contributed by atoms with E-state index in [0.717, 1.165) is 30.4 Å². The Morgan fingerprint density at radius 2 is 1.75 bits per heavy atom. The van der Waals surface area contributed by atoms with Crippen LogP contribution in [-0.2, 0) is 13.6 Å². The lowest BCUT2D eigenvalue weighted by atomic mass is 10.2. The number of nitrogens with zero attached hydrogens (tertiary/aromatic N) is 4. The van der Waals surface area contributed by atoms with E-state index in [-0.39, 0.29) is 0 Å². The maximum absolute atomic E-state index is 4.14. The van der Waals surface area contributed by atoms with Crippen LogP contribution in [0.1, 0.15) is 25.5 Å². The van der Waals surface area contributed by atoms with Crippen LogP contribution in [0.4, 0.5) is 11.4 Å². The van der Waals surface area contributed by atoms with Gasteiger partial charge in [0.15, 0.2) is 5.82 Å². The Hall–Kier alpha value is -2.04. The summed E-state index contributed by atoms with van der Waals surface area (Å²) in [6.45, 7) is 9.04. The Balaban J connectivity index is 1.99. The Kier molecular flexibility index (Phi) is 4.61. The summed E-state index contributed by atoms with van der Waals surface area (Å²) in [5.41, 5.74) is 2.36. The number of benzene rings is 1. The van der Waals surface area contributed by atoms with E-state index in [0.29, 0.717) is 6.54 Å². The normalized spacial score (nSPS) is 10.6. The smallest absolute Gasteiger partial charge is 0.152 e. The minimum Gasteiger partial charge on any atom is -0.378 e. The lowest BCUT2D eigenvalue weighted by Crippen LogP contribution is -2.21. The van der Waals surface area contributed by atoms with E-state index in [1.807, 2.05) is 18.5 Å². The van der Waals surface area contributed by atoms with Gasteiger partial charge in [-0.25, -0.2) is 0 Å². The number of aromatic nitrogens is 3. The molecule has 20 heavy (non-hydrogen) atoms. The second kappa shape index (κ2) is 6.41. The van der Waals surface area contributed by atoms with Crippen LogP contribution < -0.4 is 10.2 Å². The number of hydrogen-bond acceptors (Lipinski definition) is 4. The van der Waals surface area contributed by atoms with Gasteiger partial charge in [-0.15, -0.1) is 10.2 Å². The van der Waals surface area contributed by atoms with Crippen molar-refractivity contribution < 1.29 is 0 Å².